The summed E-state index contributed by atoms with van der Waals surface area (Å²) in [6.07, 6.45) is 2.48. The standard InChI is InChI=1S/C15H12F2N4O4/c16-8-1-10-13(12(17)2-8)20(5-11(14(10)23)15(24)25)3-9(22)4-21-7-18-6-19-21/h1-2,5-7,9,22H,3-4H2,(H,24,25). The zero-order valence-corrected chi connectivity index (χ0v) is 12.6. The van der Waals surface area contributed by atoms with Crippen molar-refractivity contribution in [1.82, 2.24) is 19.3 Å². The van der Waals surface area contributed by atoms with Crippen LogP contribution in [0, 0.1) is 11.6 Å². The third-order valence-electron chi connectivity index (χ3n) is 3.59. The van der Waals surface area contributed by atoms with E-state index in [0.29, 0.717) is 6.07 Å². The number of carboxylic acid groups (broad SMARTS) is 1. The molecule has 0 saturated carbocycles. The number of carbonyl (C=O) groups is 1. The smallest absolute Gasteiger partial charge is 0.341 e. The van der Waals surface area contributed by atoms with E-state index in [-0.39, 0.29) is 18.6 Å². The van der Waals surface area contributed by atoms with Crippen LogP contribution in [0.2, 0.25) is 0 Å². The first kappa shape index (κ1) is 16.7. The maximum absolute atomic E-state index is 14.2. The van der Waals surface area contributed by atoms with Gasteiger partial charge in [0.05, 0.1) is 30.1 Å². The first-order chi connectivity index (χ1) is 11.9. The SMILES string of the molecule is O=C(O)c1cn(CC(O)Cn2cncn2)c2c(F)cc(F)cc2c1=O. The van der Waals surface area contributed by atoms with Gasteiger partial charge in [-0.25, -0.2) is 18.6 Å². The van der Waals surface area contributed by atoms with Crippen molar-refractivity contribution in [1.29, 1.82) is 0 Å². The lowest BCUT2D eigenvalue weighted by atomic mass is 10.1. The molecule has 8 nitrogen and oxygen atoms in total. The van der Waals surface area contributed by atoms with Gasteiger partial charge in [0, 0.05) is 12.3 Å². The maximum Gasteiger partial charge on any atom is 0.341 e. The first-order valence-corrected chi connectivity index (χ1v) is 7.12. The van der Waals surface area contributed by atoms with Gasteiger partial charge in [-0.2, -0.15) is 5.10 Å². The lowest BCUT2D eigenvalue weighted by Gasteiger charge is -2.17. The minimum Gasteiger partial charge on any atom is -0.477 e. The van der Waals surface area contributed by atoms with Crippen LogP contribution in [-0.4, -0.2) is 41.6 Å². The van der Waals surface area contributed by atoms with Crippen LogP contribution < -0.4 is 5.43 Å². The molecular formula is C15H12F2N4O4. The van der Waals surface area contributed by atoms with Gasteiger partial charge in [0.1, 0.15) is 24.0 Å². The van der Waals surface area contributed by atoms with Gasteiger partial charge in [-0.1, -0.05) is 0 Å². The molecule has 0 fully saturated rings. The predicted octanol–water partition coefficient (Wildman–Crippen LogP) is 0.630. The van der Waals surface area contributed by atoms with E-state index in [1.54, 1.807) is 0 Å². The van der Waals surface area contributed by atoms with Gasteiger partial charge in [-0.15, -0.1) is 0 Å². The Hall–Kier alpha value is -3.14. The summed E-state index contributed by atoms with van der Waals surface area (Å²) in [5, 5.41) is 22.7. The molecule has 10 heteroatoms. The summed E-state index contributed by atoms with van der Waals surface area (Å²) in [6.45, 7) is -0.224. The van der Waals surface area contributed by atoms with E-state index in [0.717, 1.165) is 16.8 Å². The van der Waals surface area contributed by atoms with Crippen molar-refractivity contribution in [2.45, 2.75) is 19.2 Å². The monoisotopic (exact) mass is 350 g/mol. The zero-order chi connectivity index (χ0) is 18.1. The fourth-order valence-corrected chi connectivity index (χ4v) is 2.58. The molecule has 25 heavy (non-hydrogen) atoms. The maximum atomic E-state index is 14.2. The number of hydrogen-bond acceptors (Lipinski definition) is 5. The fourth-order valence-electron chi connectivity index (χ4n) is 2.58. The van der Waals surface area contributed by atoms with Gasteiger partial charge in [-0.05, 0) is 6.07 Å². The van der Waals surface area contributed by atoms with E-state index in [4.69, 9.17) is 5.11 Å². The number of aliphatic hydroxyl groups excluding tert-OH is 1. The van der Waals surface area contributed by atoms with E-state index in [9.17, 15) is 23.5 Å². The number of rotatable bonds is 5. The topological polar surface area (TPSA) is 110 Å². The molecular weight excluding hydrogens is 338 g/mol. The Kier molecular flexibility index (Phi) is 4.28. The lowest BCUT2D eigenvalue weighted by Crippen LogP contribution is -2.26. The Bertz CT molecular complexity index is 1000. The van der Waals surface area contributed by atoms with Crippen molar-refractivity contribution in [2.24, 2.45) is 0 Å². The highest BCUT2D eigenvalue weighted by molar-refractivity contribution is 5.92. The van der Waals surface area contributed by atoms with E-state index in [1.807, 2.05) is 0 Å². The zero-order valence-electron chi connectivity index (χ0n) is 12.6. The first-order valence-electron chi connectivity index (χ1n) is 7.12. The second kappa shape index (κ2) is 6.40. The van der Waals surface area contributed by atoms with Crippen molar-refractivity contribution >= 4 is 16.9 Å². The Morgan fingerprint density at radius 2 is 2.04 bits per heavy atom. The van der Waals surface area contributed by atoms with Gasteiger partial charge in [0.15, 0.2) is 5.82 Å². The van der Waals surface area contributed by atoms with Crippen LogP contribution in [0.15, 0.2) is 35.8 Å². The quantitative estimate of drug-likeness (QED) is 0.698. The highest BCUT2D eigenvalue weighted by atomic mass is 19.1. The van der Waals surface area contributed by atoms with Crippen molar-refractivity contribution < 1.29 is 23.8 Å². The van der Waals surface area contributed by atoms with Crippen molar-refractivity contribution in [3.63, 3.8) is 0 Å². The summed E-state index contributed by atoms with van der Waals surface area (Å²) >= 11 is 0. The second-order valence-electron chi connectivity index (χ2n) is 5.38. The molecule has 1 unspecified atom stereocenters. The van der Waals surface area contributed by atoms with Crippen LogP contribution in [0.25, 0.3) is 10.9 Å². The third kappa shape index (κ3) is 3.24. The predicted molar refractivity (Wildman–Crippen MR) is 81.1 cm³/mol. The summed E-state index contributed by atoms with van der Waals surface area (Å²) in [4.78, 5) is 27.1. The van der Waals surface area contributed by atoms with Crippen molar-refractivity contribution in [2.75, 3.05) is 0 Å². The molecule has 1 atom stereocenters. The molecule has 0 spiro atoms. The minimum atomic E-state index is -1.53. The molecule has 0 amide bonds. The Morgan fingerprint density at radius 3 is 2.68 bits per heavy atom. The molecule has 0 aliphatic rings. The van der Waals surface area contributed by atoms with Crippen LogP contribution in [0.3, 0.4) is 0 Å². The van der Waals surface area contributed by atoms with E-state index < -0.39 is 40.1 Å². The highest BCUT2D eigenvalue weighted by Gasteiger charge is 2.19. The number of fused-ring (bicyclic) bond motifs is 1. The highest BCUT2D eigenvalue weighted by Crippen LogP contribution is 2.19. The number of halogens is 2. The number of aromatic nitrogens is 4. The summed E-state index contributed by atoms with van der Waals surface area (Å²) in [5.74, 6) is -3.56. The molecule has 0 aliphatic heterocycles. The number of aromatic carboxylic acids is 1. The molecule has 2 N–H and O–H groups in total. The van der Waals surface area contributed by atoms with Gasteiger partial charge < -0.3 is 14.8 Å². The average Bonchev–Trinajstić information content (AvgIpc) is 3.02. The van der Waals surface area contributed by atoms with Crippen LogP contribution in [0.5, 0.6) is 0 Å². The molecule has 2 aromatic heterocycles. The number of aliphatic hydroxyl groups is 1. The molecule has 0 bridgehead atoms. The number of benzene rings is 1. The molecule has 2 heterocycles. The number of carboxylic acids is 1. The molecule has 1 aromatic carbocycles. The number of nitrogens with zero attached hydrogens (tertiary/aromatic N) is 4. The van der Waals surface area contributed by atoms with Crippen LogP contribution in [-0.2, 0) is 13.1 Å². The largest absolute Gasteiger partial charge is 0.477 e. The van der Waals surface area contributed by atoms with Crippen molar-refractivity contribution in [3.8, 4) is 0 Å². The minimum absolute atomic E-state index is 0.0127. The summed E-state index contributed by atoms with van der Waals surface area (Å²) in [5.41, 5.74) is -1.93. The van der Waals surface area contributed by atoms with Gasteiger partial charge in [-0.3, -0.25) is 9.48 Å². The Morgan fingerprint density at radius 1 is 1.28 bits per heavy atom. The molecule has 0 aliphatic carbocycles. The lowest BCUT2D eigenvalue weighted by molar-refractivity contribution is 0.0693. The van der Waals surface area contributed by atoms with Gasteiger partial charge in [0.25, 0.3) is 0 Å². The summed E-state index contributed by atoms with van der Waals surface area (Å²) in [6, 6.07) is 1.36. The van der Waals surface area contributed by atoms with Gasteiger partial charge >= 0.3 is 5.97 Å². The van der Waals surface area contributed by atoms with Crippen molar-refractivity contribution in [3.05, 3.63) is 58.4 Å². The number of pyridine rings is 1. The fraction of sp³-hybridized carbons (Fsp3) is 0.200. The third-order valence-corrected chi connectivity index (χ3v) is 3.59. The van der Waals surface area contributed by atoms with E-state index in [1.165, 1.54) is 17.3 Å². The Labute approximate surface area is 138 Å². The van der Waals surface area contributed by atoms with Gasteiger partial charge in [0.2, 0.25) is 5.43 Å². The van der Waals surface area contributed by atoms with Crippen LogP contribution in [0.4, 0.5) is 8.78 Å². The van der Waals surface area contributed by atoms with E-state index in [2.05, 4.69) is 10.1 Å². The summed E-state index contributed by atoms with van der Waals surface area (Å²) in [7, 11) is 0. The van der Waals surface area contributed by atoms with Crippen LogP contribution >= 0.6 is 0 Å². The molecule has 0 saturated heterocycles. The molecule has 0 radical (unpaired) electrons. The molecule has 3 rings (SSSR count). The Balaban J connectivity index is 2.11. The van der Waals surface area contributed by atoms with Crippen LogP contribution in [0.1, 0.15) is 10.4 Å². The average molecular weight is 350 g/mol. The number of hydrogen-bond donors (Lipinski definition) is 2. The normalized spacial score (nSPS) is 12.4. The molecule has 3 aromatic rings. The second-order valence-corrected chi connectivity index (χ2v) is 5.38. The molecule has 130 valence electrons. The van der Waals surface area contributed by atoms with E-state index >= 15 is 0 Å². The summed E-state index contributed by atoms with van der Waals surface area (Å²) < 4.78 is 30.1.